The van der Waals surface area contributed by atoms with Crippen molar-refractivity contribution in [3.05, 3.63) is 0 Å². The predicted octanol–water partition coefficient (Wildman–Crippen LogP) is 1.15. The van der Waals surface area contributed by atoms with Crippen LogP contribution in [0.2, 0.25) is 0 Å². The van der Waals surface area contributed by atoms with Crippen LogP contribution in [0.15, 0.2) is 0 Å². The van der Waals surface area contributed by atoms with E-state index in [-0.39, 0.29) is 11.9 Å². The molecule has 0 saturated heterocycles. The van der Waals surface area contributed by atoms with Crippen LogP contribution >= 0.6 is 0 Å². The molecule has 68 valence electrons. The van der Waals surface area contributed by atoms with E-state index in [4.69, 9.17) is 9.66 Å². The molecule has 0 aliphatic rings. The van der Waals surface area contributed by atoms with Gasteiger partial charge in [-0.15, -0.1) is 0 Å². The molecule has 0 fully saturated rings. The van der Waals surface area contributed by atoms with Gasteiger partial charge < -0.3 is 9.66 Å². The highest BCUT2D eigenvalue weighted by Gasteiger charge is 2.12. The quantitative estimate of drug-likeness (QED) is 0.603. The fraction of sp³-hybridized carbons (Fsp3) is 1.00. The highest BCUT2D eigenvalue weighted by atomic mass is 32.2. The van der Waals surface area contributed by atoms with Crippen molar-refractivity contribution in [2.24, 2.45) is 0 Å². The molecule has 2 unspecified atom stereocenters. The summed E-state index contributed by atoms with van der Waals surface area (Å²) >= 11 is -1.76. The minimum absolute atomic E-state index is 0.000676. The summed E-state index contributed by atoms with van der Waals surface area (Å²) < 4.78 is 19.3. The minimum atomic E-state index is -1.76. The summed E-state index contributed by atoms with van der Waals surface area (Å²) in [5.74, 6) is 0. The largest absolute Gasteiger partial charge is 0.396 e. The van der Waals surface area contributed by atoms with Gasteiger partial charge in [-0.2, -0.15) is 0 Å². The van der Waals surface area contributed by atoms with Gasteiger partial charge in [0.05, 0.1) is 5.25 Å². The van der Waals surface area contributed by atoms with Crippen molar-refractivity contribution in [2.45, 2.75) is 37.9 Å². The molecule has 0 aliphatic carbocycles. The van der Waals surface area contributed by atoms with E-state index in [0.29, 0.717) is 6.42 Å². The van der Waals surface area contributed by atoms with Crippen LogP contribution in [0.4, 0.5) is 0 Å². The van der Waals surface area contributed by atoms with E-state index in [1.165, 1.54) is 0 Å². The Kier molecular flexibility index (Phi) is 6.80. The molecule has 0 aromatic carbocycles. The molecule has 11 heavy (non-hydrogen) atoms. The Bertz CT molecular complexity index is 116. The third kappa shape index (κ3) is 5.35. The second-order valence-electron chi connectivity index (χ2n) is 2.55. The van der Waals surface area contributed by atoms with Crippen molar-refractivity contribution in [3.8, 4) is 0 Å². The van der Waals surface area contributed by atoms with Gasteiger partial charge in [-0.05, 0) is 12.8 Å². The zero-order valence-corrected chi connectivity index (χ0v) is 7.64. The van der Waals surface area contributed by atoms with Crippen molar-refractivity contribution in [1.82, 2.24) is 0 Å². The number of hydrogen-bond donors (Lipinski definition) is 2. The van der Waals surface area contributed by atoms with E-state index in [0.717, 1.165) is 19.3 Å². The maximum atomic E-state index is 10.6. The van der Waals surface area contributed by atoms with Gasteiger partial charge in [-0.25, -0.2) is 4.21 Å². The Hall–Kier alpha value is 0.0700. The van der Waals surface area contributed by atoms with E-state index in [9.17, 15) is 4.21 Å². The second kappa shape index (κ2) is 6.76. The highest BCUT2D eigenvalue weighted by Crippen LogP contribution is 2.09. The van der Waals surface area contributed by atoms with Gasteiger partial charge in [-0.3, -0.25) is 0 Å². The summed E-state index contributed by atoms with van der Waals surface area (Å²) in [7, 11) is 0. The topological polar surface area (TPSA) is 57.5 Å². The molecule has 0 spiro atoms. The fourth-order valence-electron chi connectivity index (χ4n) is 0.922. The third-order valence-corrected chi connectivity index (χ3v) is 2.66. The molecule has 2 atom stereocenters. The van der Waals surface area contributed by atoms with Crippen LogP contribution in [0.3, 0.4) is 0 Å². The number of aliphatic hydroxyl groups is 1. The van der Waals surface area contributed by atoms with E-state index < -0.39 is 11.1 Å². The average Bonchev–Trinajstić information content (AvgIpc) is 1.97. The van der Waals surface area contributed by atoms with E-state index in [1.54, 1.807) is 0 Å². The summed E-state index contributed by atoms with van der Waals surface area (Å²) in [6, 6.07) is 0. The zero-order chi connectivity index (χ0) is 8.69. The summed E-state index contributed by atoms with van der Waals surface area (Å²) in [5.41, 5.74) is 0. The monoisotopic (exact) mass is 180 g/mol. The molecule has 3 nitrogen and oxygen atoms in total. The number of unbranched alkanes of at least 4 members (excludes halogenated alkanes) is 1. The Morgan fingerprint density at radius 3 is 2.45 bits per heavy atom. The van der Waals surface area contributed by atoms with Crippen LogP contribution in [-0.2, 0) is 11.1 Å². The molecule has 0 aromatic heterocycles. The lowest BCUT2D eigenvalue weighted by molar-refractivity contribution is 0.282. The molecule has 0 bridgehead atoms. The summed E-state index contributed by atoms with van der Waals surface area (Å²) in [6.45, 7) is 2.04. The third-order valence-electron chi connectivity index (χ3n) is 1.62. The summed E-state index contributed by atoms with van der Waals surface area (Å²) in [6.07, 6.45) is 3.15. The lowest BCUT2D eigenvalue weighted by atomic mass is 10.1. The average molecular weight is 180 g/mol. The van der Waals surface area contributed by atoms with E-state index in [2.05, 4.69) is 0 Å². The van der Waals surface area contributed by atoms with Crippen molar-refractivity contribution in [2.75, 3.05) is 6.61 Å². The Labute approximate surface area is 70.1 Å². The molecule has 0 saturated carbocycles. The standard InChI is InChI=1S/C7H16O3S/c1-2-3-4-7(5-6-8)11(9)10/h7-8H,2-6H2,1H3,(H,9,10). The Balaban J connectivity index is 3.60. The van der Waals surface area contributed by atoms with Crippen LogP contribution in [0.5, 0.6) is 0 Å². The number of rotatable bonds is 6. The molecule has 0 radical (unpaired) electrons. The first-order chi connectivity index (χ1) is 5.22. The van der Waals surface area contributed by atoms with E-state index in [1.807, 2.05) is 6.92 Å². The number of aliphatic hydroxyl groups excluding tert-OH is 1. The number of hydrogen-bond acceptors (Lipinski definition) is 2. The molecular weight excluding hydrogens is 164 g/mol. The van der Waals surface area contributed by atoms with Gasteiger partial charge in [0.15, 0.2) is 11.1 Å². The van der Waals surface area contributed by atoms with Crippen molar-refractivity contribution >= 4 is 11.1 Å². The van der Waals surface area contributed by atoms with Crippen molar-refractivity contribution in [1.29, 1.82) is 0 Å². The van der Waals surface area contributed by atoms with Gasteiger partial charge in [0, 0.05) is 6.61 Å². The molecule has 0 heterocycles. The fourth-order valence-corrected chi connectivity index (χ4v) is 1.60. The molecule has 2 N–H and O–H groups in total. The van der Waals surface area contributed by atoms with Gasteiger partial charge in [-0.1, -0.05) is 19.8 Å². The summed E-state index contributed by atoms with van der Waals surface area (Å²) in [5, 5.41) is 8.30. The van der Waals surface area contributed by atoms with Crippen LogP contribution < -0.4 is 0 Å². The maximum Gasteiger partial charge on any atom is 0.156 e. The lowest BCUT2D eigenvalue weighted by Gasteiger charge is -2.09. The summed E-state index contributed by atoms with van der Waals surface area (Å²) in [4.78, 5) is 0. The molecule has 0 aliphatic heterocycles. The van der Waals surface area contributed by atoms with Crippen LogP contribution in [0.25, 0.3) is 0 Å². The highest BCUT2D eigenvalue weighted by molar-refractivity contribution is 7.79. The maximum absolute atomic E-state index is 10.6. The second-order valence-corrected chi connectivity index (χ2v) is 3.77. The first-order valence-corrected chi connectivity index (χ1v) is 5.09. The normalized spacial score (nSPS) is 16.3. The smallest absolute Gasteiger partial charge is 0.156 e. The zero-order valence-electron chi connectivity index (χ0n) is 6.82. The van der Waals surface area contributed by atoms with Crippen LogP contribution in [0, 0.1) is 0 Å². The van der Waals surface area contributed by atoms with Crippen LogP contribution in [-0.4, -0.2) is 25.7 Å². The van der Waals surface area contributed by atoms with Gasteiger partial charge in [0.25, 0.3) is 0 Å². The van der Waals surface area contributed by atoms with Gasteiger partial charge in [0.2, 0.25) is 0 Å². The first kappa shape index (κ1) is 11.1. The Morgan fingerprint density at radius 1 is 1.45 bits per heavy atom. The SMILES string of the molecule is CCCCC(CCO)S(=O)O. The molecular formula is C7H16O3S. The first-order valence-electron chi connectivity index (χ1n) is 3.92. The van der Waals surface area contributed by atoms with Crippen molar-refractivity contribution < 1.29 is 13.9 Å². The lowest BCUT2D eigenvalue weighted by Crippen LogP contribution is -2.15. The Morgan fingerprint density at radius 2 is 2.09 bits per heavy atom. The molecule has 4 heteroatoms. The molecule has 0 amide bonds. The molecule has 0 aromatic rings. The van der Waals surface area contributed by atoms with Gasteiger partial charge >= 0.3 is 0 Å². The van der Waals surface area contributed by atoms with Gasteiger partial charge in [0.1, 0.15) is 0 Å². The minimum Gasteiger partial charge on any atom is -0.396 e. The van der Waals surface area contributed by atoms with E-state index >= 15 is 0 Å². The van der Waals surface area contributed by atoms with Crippen molar-refractivity contribution in [3.63, 3.8) is 0 Å². The predicted molar refractivity (Wildman–Crippen MR) is 45.8 cm³/mol. The van der Waals surface area contributed by atoms with Crippen LogP contribution in [0.1, 0.15) is 32.6 Å². The molecule has 0 rings (SSSR count).